The monoisotopic (exact) mass is 369 g/mol. The van der Waals surface area contributed by atoms with Crippen LogP contribution in [0.2, 0.25) is 0 Å². The zero-order valence-electron chi connectivity index (χ0n) is 15.2. The normalized spacial score (nSPS) is 20.6. The summed E-state index contributed by atoms with van der Waals surface area (Å²) in [6.45, 7) is -0.0794. The maximum absolute atomic E-state index is 11.7. The van der Waals surface area contributed by atoms with Crippen LogP contribution in [0.15, 0.2) is 24.3 Å². The lowest BCUT2D eigenvalue weighted by atomic mass is 9.89. The van der Waals surface area contributed by atoms with Crippen LogP contribution in [0.4, 0.5) is 0 Å². The molecule has 2 aromatic rings. The summed E-state index contributed by atoms with van der Waals surface area (Å²) in [5.74, 6) is 0.0689. The lowest BCUT2D eigenvalue weighted by Gasteiger charge is -2.33. The first-order valence-corrected chi connectivity index (χ1v) is 8.97. The lowest BCUT2D eigenvalue weighted by molar-refractivity contribution is -0.141. The minimum Gasteiger partial charge on any atom is -0.468 e. The molecule has 142 valence electrons. The second-order valence-corrected chi connectivity index (χ2v) is 6.66. The highest BCUT2D eigenvalue weighted by molar-refractivity contribution is 5.68. The molecule has 9 nitrogen and oxygen atoms in total. The summed E-state index contributed by atoms with van der Waals surface area (Å²) in [5.41, 5.74) is 7.77. The Morgan fingerprint density at radius 1 is 1.41 bits per heavy atom. The Bertz CT molecular complexity index is 812. The Morgan fingerprint density at radius 2 is 2.15 bits per heavy atom. The second kappa shape index (κ2) is 8.70. The van der Waals surface area contributed by atoms with Gasteiger partial charge in [-0.15, -0.1) is 5.10 Å². The Labute approximate surface area is 157 Å². The zero-order valence-corrected chi connectivity index (χ0v) is 15.2. The van der Waals surface area contributed by atoms with Gasteiger partial charge in [-0.3, -0.25) is 10.1 Å². The van der Waals surface area contributed by atoms with Crippen LogP contribution in [0.5, 0.6) is 0 Å². The van der Waals surface area contributed by atoms with E-state index >= 15 is 0 Å². The maximum Gasteiger partial charge on any atom is 0.327 e. The standard InChI is InChI=1S/C18H23N7O2/c1-27-16(26)11-25-18(22-23-24-25)17(13-8-6-12(10-19)7-9-13)21-15-5-3-2-4-14(15)20/h6-9,14-15,17,21H,2-5,11,20H2,1H3. The van der Waals surface area contributed by atoms with Crippen LogP contribution in [0.25, 0.3) is 0 Å². The molecule has 3 atom stereocenters. The average molecular weight is 369 g/mol. The minimum atomic E-state index is -0.434. The number of carbonyl (C=O) groups excluding carboxylic acids is 1. The Hall–Kier alpha value is -2.83. The van der Waals surface area contributed by atoms with Crippen molar-refractivity contribution in [3.63, 3.8) is 0 Å². The predicted octanol–water partition coefficient (Wildman–Crippen LogP) is 0.667. The van der Waals surface area contributed by atoms with Crippen molar-refractivity contribution < 1.29 is 9.53 Å². The molecule has 3 N–H and O–H groups in total. The van der Waals surface area contributed by atoms with Gasteiger partial charge in [-0.1, -0.05) is 25.0 Å². The summed E-state index contributed by atoms with van der Waals surface area (Å²) >= 11 is 0. The molecule has 0 aliphatic heterocycles. The molecule has 1 heterocycles. The summed E-state index contributed by atoms with van der Waals surface area (Å²) in [6.07, 6.45) is 4.16. The molecule has 3 rings (SSSR count). The number of nitriles is 1. The van der Waals surface area contributed by atoms with Gasteiger partial charge in [0.1, 0.15) is 6.54 Å². The number of ether oxygens (including phenoxy) is 1. The SMILES string of the molecule is COC(=O)Cn1nnnc1C(NC1CCCCC1N)c1ccc(C#N)cc1. The number of tetrazole rings is 1. The summed E-state index contributed by atoms with van der Waals surface area (Å²) < 4.78 is 6.16. The molecular weight excluding hydrogens is 346 g/mol. The van der Waals surface area contributed by atoms with Crippen molar-refractivity contribution in [2.24, 2.45) is 5.73 Å². The van der Waals surface area contributed by atoms with Crippen LogP contribution in [0.3, 0.4) is 0 Å². The van der Waals surface area contributed by atoms with Gasteiger partial charge in [0.05, 0.1) is 24.8 Å². The van der Waals surface area contributed by atoms with Gasteiger partial charge >= 0.3 is 5.97 Å². The van der Waals surface area contributed by atoms with Crippen LogP contribution < -0.4 is 11.1 Å². The van der Waals surface area contributed by atoms with Crippen molar-refractivity contribution in [1.29, 1.82) is 5.26 Å². The van der Waals surface area contributed by atoms with E-state index in [1.807, 2.05) is 12.1 Å². The van der Waals surface area contributed by atoms with Crippen LogP contribution in [-0.2, 0) is 16.1 Å². The number of aromatic nitrogens is 4. The van der Waals surface area contributed by atoms with Crippen molar-refractivity contribution >= 4 is 5.97 Å². The summed E-state index contributed by atoms with van der Waals surface area (Å²) in [5, 5.41) is 24.4. The van der Waals surface area contributed by atoms with E-state index in [0.29, 0.717) is 11.4 Å². The molecule has 1 aromatic carbocycles. The highest BCUT2D eigenvalue weighted by Gasteiger charge is 2.29. The third kappa shape index (κ3) is 4.48. The minimum absolute atomic E-state index is 0.0459. The van der Waals surface area contributed by atoms with Crippen LogP contribution in [0, 0.1) is 11.3 Å². The zero-order chi connectivity index (χ0) is 19.2. The fourth-order valence-corrected chi connectivity index (χ4v) is 3.37. The first-order valence-electron chi connectivity index (χ1n) is 8.97. The average Bonchev–Trinajstić information content (AvgIpc) is 3.15. The summed E-state index contributed by atoms with van der Waals surface area (Å²) in [6, 6.07) is 9.14. The molecule has 0 bridgehead atoms. The maximum atomic E-state index is 11.7. The van der Waals surface area contributed by atoms with Crippen LogP contribution in [0.1, 0.15) is 48.7 Å². The van der Waals surface area contributed by atoms with E-state index in [2.05, 4.69) is 26.9 Å². The molecule has 0 saturated heterocycles. The lowest BCUT2D eigenvalue weighted by Crippen LogP contribution is -2.49. The van der Waals surface area contributed by atoms with Gasteiger partial charge in [0, 0.05) is 12.1 Å². The van der Waals surface area contributed by atoms with Crippen molar-refractivity contribution in [1.82, 2.24) is 25.5 Å². The van der Waals surface area contributed by atoms with Gasteiger partial charge in [0.25, 0.3) is 0 Å². The molecule has 1 saturated carbocycles. The van der Waals surface area contributed by atoms with Crippen molar-refractivity contribution in [3.8, 4) is 6.07 Å². The highest BCUT2D eigenvalue weighted by Crippen LogP contribution is 2.25. The molecule has 1 fully saturated rings. The molecule has 0 radical (unpaired) electrons. The molecule has 0 spiro atoms. The number of hydrogen-bond donors (Lipinski definition) is 2. The van der Waals surface area contributed by atoms with Gasteiger partial charge in [0.2, 0.25) is 0 Å². The quantitative estimate of drug-likeness (QED) is 0.710. The predicted molar refractivity (Wildman–Crippen MR) is 96.2 cm³/mol. The number of nitrogens with one attached hydrogen (secondary N) is 1. The summed E-state index contributed by atoms with van der Waals surface area (Å²) in [7, 11) is 1.32. The molecular formula is C18H23N7O2. The number of methoxy groups -OCH3 is 1. The topological polar surface area (TPSA) is 132 Å². The van der Waals surface area contributed by atoms with Crippen LogP contribution in [-0.4, -0.2) is 45.4 Å². The van der Waals surface area contributed by atoms with Gasteiger partial charge in [-0.2, -0.15) is 5.26 Å². The molecule has 1 aromatic heterocycles. The third-order valence-corrected chi connectivity index (χ3v) is 4.90. The number of esters is 1. The summed E-state index contributed by atoms with van der Waals surface area (Å²) in [4.78, 5) is 11.7. The van der Waals surface area contributed by atoms with Gasteiger partial charge < -0.3 is 10.5 Å². The van der Waals surface area contributed by atoms with E-state index in [9.17, 15) is 4.79 Å². The number of nitrogens with two attached hydrogens (primary N) is 1. The largest absolute Gasteiger partial charge is 0.468 e. The van der Waals surface area contributed by atoms with Gasteiger partial charge in [-0.25, -0.2) is 4.68 Å². The van der Waals surface area contributed by atoms with E-state index < -0.39 is 5.97 Å². The van der Waals surface area contributed by atoms with E-state index in [-0.39, 0.29) is 24.7 Å². The molecule has 3 unspecified atom stereocenters. The van der Waals surface area contributed by atoms with Crippen molar-refractivity contribution in [2.45, 2.75) is 50.4 Å². The molecule has 27 heavy (non-hydrogen) atoms. The Balaban J connectivity index is 1.93. The smallest absolute Gasteiger partial charge is 0.327 e. The number of rotatable bonds is 6. The number of carbonyl (C=O) groups is 1. The number of nitrogens with zero attached hydrogens (tertiary/aromatic N) is 5. The van der Waals surface area contributed by atoms with E-state index in [0.717, 1.165) is 31.2 Å². The molecule has 0 amide bonds. The Morgan fingerprint density at radius 3 is 2.81 bits per heavy atom. The van der Waals surface area contributed by atoms with Gasteiger partial charge in [-0.05, 0) is 41.0 Å². The Kier molecular flexibility index (Phi) is 6.11. The third-order valence-electron chi connectivity index (χ3n) is 4.90. The number of benzene rings is 1. The molecule has 1 aliphatic carbocycles. The van der Waals surface area contributed by atoms with E-state index in [1.54, 1.807) is 12.1 Å². The van der Waals surface area contributed by atoms with Gasteiger partial charge in [0.15, 0.2) is 5.82 Å². The molecule has 1 aliphatic rings. The van der Waals surface area contributed by atoms with E-state index in [1.165, 1.54) is 11.8 Å². The highest BCUT2D eigenvalue weighted by atomic mass is 16.5. The fraction of sp³-hybridized carbons (Fsp3) is 0.500. The number of hydrogen-bond acceptors (Lipinski definition) is 8. The first-order chi connectivity index (χ1) is 13.1. The van der Waals surface area contributed by atoms with Crippen LogP contribution >= 0.6 is 0 Å². The molecule has 9 heteroatoms. The van der Waals surface area contributed by atoms with Crippen molar-refractivity contribution in [2.75, 3.05) is 7.11 Å². The fourth-order valence-electron chi connectivity index (χ4n) is 3.37. The first kappa shape index (κ1) is 18.9. The van der Waals surface area contributed by atoms with Crippen molar-refractivity contribution in [3.05, 3.63) is 41.2 Å². The second-order valence-electron chi connectivity index (χ2n) is 6.66. The van der Waals surface area contributed by atoms with E-state index in [4.69, 9.17) is 15.7 Å².